The molecule has 1 aliphatic heterocycles. The molecule has 174 valence electrons. The number of likely N-dealkylation sites (N-methyl/N-ethyl adjacent to an activating group) is 1. The third kappa shape index (κ3) is 3.69. The first-order valence-electron chi connectivity index (χ1n) is 10.3. The number of allylic oxidation sites excluding steroid dienone is 3. The second-order valence-electron chi connectivity index (χ2n) is 8.74. The molecule has 0 spiro atoms. The van der Waals surface area contributed by atoms with Crippen LogP contribution in [0.5, 0.6) is 0 Å². The monoisotopic (exact) mass is 616 g/mol. The van der Waals surface area contributed by atoms with Gasteiger partial charge in [0.15, 0.2) is 5.65 Å². The van der Waals surface area contributed by atoms with Crippen LogP contribution < -0.4 is 0 Å². The minimum Gasteiger partial charge on any atom is -0.381 e. The highest BCUT2D eigenvalue weighted by molar-refractivity contribution is 14.1. The first-order chi connectivity index (χ1) is 15.5. The summed E-state index contributed by atoms with van der Waals surface area (Å²) in [6.45, 7) is 3.03. The van der Waals surface area contributed by atoms with Crippen LogP contribution in [0.4, 0.5) is 0 Å². The number of pyridine rings is 1. The van der Waals surface area contributed by atoms with E-state index >= 15 is 0 Å². The van der Waals surface area contributed by atoms with Crippen molar-refractivity contribution in [3.63, 3.8) is 0 Å². The molecule has 0 saturated carbocycles. The molecule has 4 heterocycles. The quantitative estimate of drug-likeness (QED) is 0.351. The van der Waals surface area contributed by atoms with Crippen LogP contribution in [-0.2, 0) is 15.6 Å². The molecule has 7 nitrogen and oxygen atoms in total. The van der Waals surface area contributed by atoms with Crippen LogP contribution in [0.25, 0.3) is 21.5 Å². The van der Waals surface area contributed by atoms with Crippen molar-refractivity contribution in [2.75, 3.05) is 20.1 Å². The van der Waals surface area contributed by atoms with Gasteiger partial charge in [-0.05, 0) is 44.7 Å². The number of hydrogen-bond acceptors (Lipinski definition) is 7. The van der Waals surface area contributed by atoms with Crippen molar-refractivity contribution in [1.82, 2.24) is 18.8 Å². The molecule has 0 amide bonds. The van der Waals surface area contributed by atoms with Crippen molar-refractivity contribution in [3.8, 4) is 10.4 Å². The molecule has 1 fully saturated rings. The number of nitrogens with zero attached hydrogens (tertiary/aromatic N) is 4. The molecule has 3 aromatic heterocycles. The molecule has 5 rings (SSSR count). The Bertz CT molecular complexity index is 1420. The van der Waals surface area contributed by atoms with Gasteiger partial charge in [0.2, 0.25) is 0 Å². The zero-order valence-electron chi connectivity index (χ0n) is 17.9. The van der Waals surface area contributed by atoms with Crippen molar-refractivity contribution >= 4 is 66.6 Å². The number of hydrogen-bond donors (Lipinski definition) is 1. The second-order valence-corrected chi connectivity index (χ2v) is 13.8. The van der Waals surface area contributed by atoms with E-state index in [1.807, 2.05) is 13.1 Å². The first-order valence-corrected chi connectivity index (χ1v) is 14.2. The van der Waals surface area contributed by atoms with Gasteiger partial charge in [0.25, 0.3) is 10.0 Å². The van der Waals surface area contributed by atoms with Crippen molar-refractivity contribution in [2.24, 2.45) is 0 Å². The van der Waals surface area contributed by atoms with Gasteiger partial charge in [-0.15, -0.1) is 11.3 Å². The van der Waals surface area contributed by atoms with E-state index in [2.05, 4.69) is 37.5 Å². The minimum atomic E-state index is -3.87. The summed E-state index contributed by atoms with van der Waals surface area (Å²) < 4.78 is 27.3. The SMILES string of the molecule is CN1CCC(O)(c2ncc(-c3ccnc4c3ccn4S(=O)(=O)C3(C)C=C(Cl)C=CC3I)s2)C1. The Kier molecular flexibility index (Phi) is 5.77. The van der Waals surface area contributed by atoms with Crippen LogP contribution in [0.15, 0.2) is 54.0 Å². The van der Waals surface area contributed by atoms with E-state index in [4.69, 9.17) is 11.6 Å². The minimum absolute atomic E-state index is 0.294. The summed E-state index contributed by atoms with van der Waals surface area (Å²) in [5.41, 5.74) is 0.231. The van der Waals surface area contributed by atoms with Crippen LogP contribution in [0.1, 0.15) is 18.4 Å². The van der Waals surface area contributed by atoms with Gasteiger partial charge in [-0.2, -0.15) is 0 Å². The van der Waals surface area contributed by atoms with E-state index in [0.29, 0.717) is 34.0 Å². The average molecular weight is 617 g/mol. The molecule has 33 heavy (non-hydrogen) atoms. The molecule has 3 aromatic rings. The van der Waals surface area contributed by atoms with Crippen molar-refractivity contribution in [1.29, 1.82) is 0 Å². The predicted molar refractivity (Wildman–Crippen MR) is 140 cm³/mol. The lowest BCUT2D eigenvalue weighted by molar-refractivity contribution is 0.0486. The van der Waals surface area contributed by atoms with Gasteiger partial charge in [-0.1, -0.05) is 40.3 Å². The molecular weight excluding hydrogens is 595 g/mol. The van der Waals surface area contributed by atoms with Crippen molar-refractivity contribution < 1.29 is 13.5 Å². The summed E-state index contributed by atoms with van der Waals surface area (Å²) in [5.74, 6) is 0. The summed E-state index contributed by atoms with van der Waals surface area (Å²) >= 11 is 9.74. The van der Waals surface area contributed by atoms with Crippen LogP contribution in [0.2, 0.25) is 0 Å². The zero-order valence-corrected chi connectivity index (χ0v) is 22.5. The summed E-state index contributed by atoms with van der Waals surface area (Å²) in [6.07, 6.45) is 10.6. The highest BCUT2D eigenvalue weighted by Gasteiger charge is 2.46. The zero-order chi connectivity index (χ0) is 23.6. The molecule has 3 atom stereocenters. The largest absolute Gasteiger partial charge is 0.381 e. The molecule has 11 heteroatoms. The van der Waals surface area contributed by atoms with E-state index in [0.717, 1.165) is 17.0 Å². The Hall–Kier alpha value is -1.31. The Morgan fingerprint density at radius 3 is 2.85 bits per heavy atom. The third-order valence-corrected chi connectivity index (χ3v) is 12.3. The van der Waals surface area contributed by atoms with E-state index in [-0.39, 0.29) is 3.92 Å². The summed E-state index contributed by atoms with van der Waals surface area (Å²) in [6, 6.07) is 3.62. The fourth-order valence-electron chi connectivity index (χ4n) is 4.39. The second kappa shape index (κ2) is 8.13. The first kappa shape index (κ1) is 23.4. The van der Waals surface area contributed by atoms with Gasteiger partial charge in [0.1, 0.15) is 15.4 Å². The van der Waals surface area contributed by atoms with E-state index < -0.39 is 20.4 Å². The fraction of sp³-hybridized carbons (Fsp3) is 0.364. The fourth-order valence-corrected chi connectivity index (χ4v) is 8.83. The standard InChI is InChI=1S/C22H22ClIN4O3S2/c1-21(11-14(23)3-4-18(21)24)33(30,31)28-9-6-16-15(5-8-25-19(16)28)17-12-26-20(32-17)22(29)7-10-27(2)13-22/h3-6,8-9,11-12,18,29H,7,10,13H2,1-2H3. The van der Waals surface area contributed by atoms with Crippen LogP contribution in [0.3, 0.4) is 0 Å². The smallest absolute Gasteiger partial charge is 0.250 e. The summed E-state index contributed by atoms with van der Waals surface area (Å²) in [5, 5.41) is 12.8. The van der Waals surface area contributed by atoms with Gasteiger partial charge < -0.3 is 10.0 Å². The maximum Gasteiger partial charge on any atom is 0.250 e. The van der Waals surface area contributed by atoms with Gasteiger partial charge in [0.05, 0.1) is 8.80 Å². The normalized spacial score (nSPS) is 28.5. The number of alkyl halides is 1. The number of likely N-dealkylation sites (tertiary alicyclic amines) is 1. The maximum atomic E-state index is 13.8. The summed E-state index contributed by atoms with van der Waals surface area (Å²) in [7, 11) is -1.89. The van der Waals surface area contributed by atoms with E-state index in [9.17, 15) is 13.5 Å². The summed E-state index contributed by atoms with van der Waals surface area (Å²) in [4.78, 5) is 11.9. The van der Waals surface area contributed by atoms with E-state index in [1.165, 1.54) is 15.3 Å². The Morgan fingerprint density at radius 1 is 1.33 bits per heavy atom. The van der Waals surface area contributed by atoms with Gasteiger partial charge in [-0.3, -0.25) is 0 Å². The molecule has 0 bridgehead atoms. The lowest BCUT2D eigenvalue weighted by atomic mass is 10.0. The lowest BCUT2D eigenvalue weighted by Crippen LogP contribution is -2.45. The highest BCUT2D eigenvalue weighted by Crippen LogP contribution is 2.41. The molecule has 1 N–H and O–H groups in total. The van der Waals surface area contributed by atoms with Crippen LogP contribution in [-0.4, -0.2) is 61.2 Å². The third-order valence-electron chi connectivity index (χ3n) is 6.37. The molecule has 1 aliphatic carbocycles. The Labute approximate surface area is 215 Å². The van der Waals surface area contributed by atoms with Crippen LogP contribution in [0, 0.1) is 0 Å². The van der Waals surface area contributed by atoms with Gasteiger partial charge in [0, 0.05) is 47.7 Å². The predicted octanol–water partition coefficient (Wildman–Crippen LogP) is 4.12. The van der Waals surface area contributed by atoms with Gasteiger partial charge >= 0.3 is 0 Å². The highest BCUT2D eigenvalue weighted by atomic mass is 127. The molecule has 0 aromatic carbocycles. The number of halogens is 2. The average Bonchev–Trinajstić information content (AvgIpc) is 3.49. The maximum absolute atomic E-state index is 13.8. The molecular formula is C22H22ClIN4O3S2. The van der Waals surface area contributed by atoms with Crippen molar-refractivity contribution in [3.05, 3.63) is 59.0 Å². The number of rotatable bonds is 4. The number of fused-ring (bicyclic) bond motifs is 1. The van der Waals surface area contributed by atoms with E-state index in [1.54, 1.807) is 49.8 Å². The van der Waals surface area contributed by atoms with Crippen LogP contribution >= 0.6 is 45.5 Å². The molecule has 0 radical (unpaired) electrons. The number of aliphatic hydroxyl groups is 1. The Balaban J connectivity index is 1.59. The topological polar surface area (TPSA) is 88.3 Å². The number of thiazole rings is 1. The molecule has 3 unspecified atom stereocenters. The van der Waals surface area contributed by atoms with Gasteiger partial charge in [-0.25, -0.2) is 22.4 Å². The number of aromatic nitrogens is 3. The Morgan fingerprint density at radius 2 is 2.12 bits per heavy atom. The molecule has 2 aliphatic rings. The number of β-amino-alcohol motifs (C(OH)–C–C–N with tert-alkyl or cyclic N) is 1. The van der Waals surface area contributed by atoms with Crippen molar-refractivity contribution in [2.45, 2.75) is 27.6 Å². The molecule has 1 saturated heterocycles. The lowest BCUT2D eigenvalue weighted by Gasteiger charge is -2.32.